The number of rotatable bonds is 5. The highest BCUT2D eigenvalue weighted by Crippen LogP contribution is 2.18. The Morgan fingerprint density at radius 1 is 1.26 bits per heavy atom. The highest BCUT2D eigenvalue weighted by Gasteiger charge is 2.08. The van der Waals surface area contributed by atoms with Gasteiger partial charge in [-0.2, -0.15) is 4.98 Å². The number of hydrogen-bond donors (Lipinski definition) is 3. The molecule has 0 radical (unpaired) electrons. The van der Waals surface area contributed by atoms with Crippen LogP contribution in [0.15, 0.2) is 5.38 Å². The van der Waals surface area contributed by atoms with Crippen LogP contribution in [0.4, 0.5) is 16.9 Å². The van der Waals surface area contributed by atoms with Crippen molar-refractivity contribution in [2.75, 3.05) is 23.3 Å². The number of aryl methyl sites for hydroxylation is 1. The van der Waals surface area contributed by atoms with Gasteiger partial charge in [-0.05, 0) is 13.3 Å². The summed E-state index contributed by atoms with van der Waals surface area (Å²) in [6.45, 7) is 4.77. The number of nitrogens with zero attached hydrogens (tertiary/aromatic N) is 3. The van der Waals surface area contributed by atoms with E-state index in [0.29, 0.717) is 11.1 Å². The smallest absolute Gasteiger partial charge is 0.222 e. The van der Waals surface area contributed by atoms with Crippen molar-refractivity contribution in [2.24, 2.45) is 0 Å². The molecule has 0 atom stereocenters. The predicted molar refractivity (Wildman–Crippen MR) is 79.3 cm³/mol. The minimum atomic E-state index is 0.301. The van der Waals surface area contributed by atoms with Gasteiger partial charge in [0.25, 0.3) is 0 Å². The van der Waals surface area contributed by atoms with Crippen molar-refractivity contribution in [1.82, 2.24) is 15.0 Å². The molecule has 0 aliphatic rings. The van der Waals surface area contributed by atoms with E-state index in [1.54, 1.807) is 0 Å². The Kier molecular flexibility index (Phi) is 4.16. The molecule has 6 nitrogen and oxygen atoms in total. The topological polar surface area (TPSA) is 103 Å². The van der Waals surface area contributed by atoms with Gasteiger partial charge in [0.05, 0.1) is 5.69 Å². The first-order valence-corrected chi connectivity index (χ1v) is 7.04. The van der Waals surface area contributed by atoms with Crippen LogP contribution in [0.3, 0.4) is 0 Å². The van der Waals surface area contributed by atoms with Gasteiger partial charge in [-0.3, -0.25) is 0 Å². The first-order chi connectivity index (χ1) is 9.10. The van der Waals surface area contributed by atoms with Gasteiger partial charge in [0.1, 0.15) is 5.82 Å². The molecule has 0 fully saturated rings. The van der Waals surface area contributed by atoms with Gasteiger partial charge in [-0.25, -0.2) is 9.97 Å². The van der Waals surface area contributed by atoms with Crippen LogP contribution in [0.2, 0.25) is 0 Å². The van der Waals surface area contributed by atoms with E-state index in [4.69, 9.17) is 11.5 Å². The highest BCUT2D eigenvalue weighted by atomic mass is 32.1. The zero-order valence-electron chi connectivity index (χ0n) is 11.1. The third kappa shape index (κ3) is 3.31. The molecular formula is C12H18N6S. The highest BCUT2D eigenvalue weighted by molar-refractivity contribution is 7.13. The molecule has 2 aromatic heterocycles. The average molecular weight is 278 g/mol. The van der Waals surface area contributed by atoms with Gasteiger partial charge in [-0.1, -0.05) is 6.92 Å². The quantitative estimate of drug-likeness (QED) is 0.768. The summed E-state index contributed by atoms with van der Waals surface area (Å²) < 4.78 is 0. The Balaban J connectivity index is 2.02. The normalized spacial score (nSPS) is 10.6. The SMILES string of the molecule is CCc1c(C)nc(N)nc1NCCc1csc(N)n1. The molecule has 0 bridgehead atoms. The van der Waals surface area contributed by atoms with Crippen LogP contribution >= 0.6 is 11.3 Å². The second-order valence-corrected chi connectivity index (χ2v) is 5.09. The Hall–Kier alpha value is -1.89. The molecule has 2 heterocycles. The van der Waals surface area contributed by atoms with E-state index < -0.39 is 0 Å². The van der Waals surface area contributed by atoms with Gasteiger partial charge in [0.15, 0.2) is 5.13 Å². The fourth-order valence-corrected chi connectivity index (χ4v) is 2.53. The molecule has 0 amide bonds. The summed E-state index contributed by atoms with van der Waals surface area (Å²) in [5, 5.41) is 5.87. The summed E-state index contributed by atoms with van der Waals surface area (Å²) in [6, 6.07) is 0. The Morgan fingerprint density at radius 2 is 2.05 bits per heavy atom. The second kappa shape index (κ2) is 5.83. The third-order valence-electron chi connectivity index (χ3n) is 2.83. The third-order valence-corrected chi connectivity index (χ3v) is 3.55. The standard InChI is InChI=1S/C12H18N6S/c1-3-9-7(2)16-11(13)18-10(9)15-5-4-8-6-19-12(14)17-8/h6H,3-5H2,1-2H3,(H2,14,17)(H3,13,15,16,18). The van der Waals surface area contributed by atoms with Gasteiger partial charge in [-0.15, -0.1) is 11.3 Å². The van der Waals surface area contributed by atoms with E-state index >= 15 is 0 Å². The number of anilines is 3. The lowest BCUT2D eigenvalue weighted by Gasteiger charge is -2.12. The molecule has 0 unspecified atom stereocenters. The van der Waals surface area contributed by atoms with Crippen molar-refractivity contribution in [3.05, 3.63) is 22.3 Å². The van der Waals surface area contributed by atoms with Crippen LogP contribution in [0.5, 0.6) is 0 Å². The number of aromatic nitrogens is 3. The molecule has 0 aromatic carbocycles. The fraction of sp³-hybridized carbons (Fsp3) is 0.417. The minimum Gasteiger partial charge on any atom is -0.375 e. The molecular weight excluding hydrogens is 260 g/mol. The van der Waals surface area contributed by atoms with E-state index in [2.05, 4.69) is 27.2 Å². The van der Waals surface area contributed by atoms with Crippen molar-refractivity contribution < 1.29 is 0 Å². The summed E-state index contributed by atoms with van der Waals surface area (Å²) in [5.74, 6) is 1.12. The van der Waals surface area contributed by atoms with Crippen LogP contribution in [0, 0.1) is 6.92 Å². The first-order valence-electron chi connectivity index (χ1n) is 6.17. The minimum absolute atomic E-state index is 0.301. The zero-order valence-corrected chi connectivity index (χ0v) is 11.9. The van der Waals surface area contributed by atoms with E-state index in [1.807, 2.05) is 12.3 Å². The zero-order chi connectivity index (χ0) is 13.8. The summed E-state index contributed by atoms with van der Waals surface area (Å²) in [6.07, 6.45) is 1.68. The maximum absolute atomic E-state index is 5.68. The Morgan fingerprint density at radius 3 is 2.68 bits per heavy atom. The van der Waals surface area contributed by atoms with Crippen molar-refractivity contribution in [3.8, 4) is 0 Å². The molecule has 102 valence electrons. The summed E-state index contributed by atoms with van der Waals surface area (Å²) in [7, 11) is 0. The van der Waals surface area contributed by atoms with Gasteiger partial charge < -0.3 is 16.8 Å². The molecule has 5 N–H and O–H groups in total. The molecule has 2 aromatic rings. The van der Waals surface area contributed by atoms with Crippen molar-refractivity contribution in [2.45, 2.75) is 26.7 Å². The van der Waals surface area contributed by atoms with Crippen molar-refractivity contribution in [1.29, 1.82) is 0 Å². The maximum atomic E-state index is 5.68. The Labute approximate surface area is 116 Å². The van der Waals surface area contributed by atoms with Crippen molar-refractivity contribution in [3.63, 3.8) is 0 Å². The monoisotopic (exact) mass is 278 g/mol. The molecule has 19 heavy (non-hydrogen) atoms. The molecule has 7 heteroatoms. The van der Waals surface area contributed by atoms with Crippen LogP contribution in [-0.4, -0.2) is 21.5 Å². The number of thiazole rings is 1. The van der Waals surface area contributed by atoms with E-state index in [-0.39, 0.29) is 0 Å². The molecule has 0 aliphatic carbocycles. The largest absolute Gasteiger partial charge is 0.375 e. The van der Waals surface area contributed by atoms with Gasteiger partial charge >= 0.3 is 0 Å². The average Bonchev–Trinajstić information content (AvgIpc) is 2.74. The van der Waals surface area contributed by atoms with Gasteiger partial charge in [0, 0.05) is 29.6 Å². The lowest BCUT2D eigenvalue weighted by atomic mass is 10.1. The fourth-order valence-electron chi connectivity index (χ4n) is 1.93. The van der Waals surface area contributed by atoms with E-state index in [0.717, 1.165) is 42.2 Å². The second-order valence-electron chi connectivity index (χ2n) is 4.20. The number of nitrogens with two attached hydrogens (primary N) is 2. The van der Waals surface area contributed by atoms with Crippen LogP contribution in [-0.2, 0) is 12.8 Å². The van der Waals surface area contributed by atoms with Crippen LogP contribution in [0.1, 0.15) is 23.9 Å². The van der Waals surface area contributed by atoms with Crippen molar-refractivity contribution >= 4 is 28.2 Å². The van der Waals surface area contributed by atoms with Crippen LogP contribution in [0.25, 0.3) is 0 Å². The lowest BCUT2D eigenvalue weighted by Crippen LogP contribution is -2.12. The van der Waals surface area contributed by atoms with E-state index in [9.17, 15) is 0 Å². The summed E-state index contributed by atoms with van der Waals surface area (Å²) >= 11 is 1.46. The van der Waals surface area contributed by atoms with Gasteiger partial charge in [0.2, 0.25) is 5.95 Å². The van der Waals surface area contributed by atoms with E-state index in [1.165, 1.54) is 11.3 Å². The number of hydrogen-bond acceptors (Lipinski definition) is 7. The number of nitrogen functional groups attached to an aromatic ring is 2. The maximum Gasteiger partial charge on any atom is 0.222 e. The molecule has 0 saturated heterocycles. The molecule has 0 saturated carbocycles. The molecule has 0 aliphatic heterocycles. The predicted octanol–water partition coefficient (Wildman–Crippen LogP) is 1.62. The summed E-state index contributed by atoms with van der Waals surface area (Å²) in [5.41, 5.74) is 14.3. The molecule has 0 spiro atoms. The Bertz CT molecular complexity index is 565. The molecule has 2 rings (SSSR count). The number of nitrogens with one attached hydrogen (secondary N) is 1. The lowest BCUT2D eigenvalue weighted by molar-refractivity contribution is 0.942. The summed E-state index contributed by atoms with van der Waals surface area (Å²) in [4.78, 5) is 12.6. The first kappa shape index (κ1) is 13.5. The van der Waals surface area contributed by atoms with Crippen LogP contribution < -0.4 is 16.8 Å².